The maximum Gasteiger partial charge on any atom is 0.307 e. The predicted octanol–water partition coefficient (Wildman–Crippen LogP) is 5.52. The minimum atomic E-state index is -1.27. The fourth-order valence-corrected chi connectivity index (χ4v) is 5.41. The van der Waals surface area contributed by atoms with Gasteiger partial charge in [0.2, 0.25) is 18.2 Å². The summed E-state index contributed by atoms with van der Waals surface area (Å²) in [4.78, 5) is 44.4. The van der Waals surface area contributed by atoms with Crippen molar-refractivity contribution >= 4 is 34.4 Å². The van der Waals surface area contributed by atoms with E-state index in [1.165, 1.54) is 7.11 Å². The Kier molecular flexibility index (Phi) is 12.3. The monoisotopic (exact) mass is 670 g/mol. The van der Waals surface area contributed by atoms with Crippen LogP contribution in [0.1, 0.15) is 64.1 Å². The summed E-state index contributed by atoms with van der Waals surface area (Å²) in [6.45, 7) is 9.28. The highest BCUT2D eigenvalue weighted by molar-refractivity contribution is 6.00. The Bertz CT molecular complexity index is 1750. The van der Waals surface area contributed by atoms with E-state index in [1.807, 2.05) is 94.4 Å². The van der Waals surface area contributed by atoms with Crippen LogP contribution in [-0.2, 0) is 23.9 Å². The molecule has 49 heavy (non-hydrogen) atoms. The first kappa shape index (κ1) is 36.8. The van der Waals surface area contributed by atoms with Crippen molar-refractivity contribution in [3.63, 3.8) is 0 Å². The van der Waals surface area contributed by atoms with Crippen molar-refractivity contribution in [1.29, 1.82) is 0 Å². The number of rotatable bonds is 14. The van der Waals surface area contributed by atoms with E-state index in [0.29, 0.717) is 17.8 Å². The van der Waals surface area contributed by atoms with E-state index in [2.05, 4.69) is 15.6 Å². The van der Waals surface area contributed by atoms with E-state index in [0.717, 1.165) is 27.5 Å². The van der Waals surface area contributed by atoms with Crippen LogP contribution >= 0.6 is 0 Å². The van der Waals surface area contributed by atoms with Gasteiger partial charge in [0.25, 0.3) is 0 Å². The van der Waals surface area contributed by atoms with Crippen molar-refractivity contribution < 1.29 is 34.1 Å². The summed E-state index contributed by atoms with van der Waals surface area (Å²) in [5.74, 6) is -0.590. The highest BCUT2D eigenvalue weighted by atomic mass is 16.6. The van der Waals surface area contributed by atoms with Gasteiger partial charge < -0.3 is 35.2 Å². The van der Waals surface area contributed by atoms with Crippen molar-refractivity contribution in [2.45, 2.75) is 78.0 Å². The second-order valence-corrected chi connectivity index (χ2v) is 13.0. The molecular formula is C38H46N4O7. The summed E-state index contributed by atoms with van der Waals surface area (Å²) in [6, 6.07) is 20.6. The maximum atomic E-state index is 13.3. The number of nitrogens with zero attached hydrogens (tertiary/aromatic N) is 2. The lowest BCUT2D eigenvalue weighted by Crippen LogP contribution is -2.46. The number of aromatic nitrogens is 1. The molecular weight excluding hydrogens is 624 g/mol. The Hall–Kier alpha value is -5.00. The molecule has 0 saturated heterocycles. The molecule has 0 aliphatic heterocycles. The fourth-order valence-electron chi connectivity index (χ4n) is 5.41. The number of anilines is 1. The van der Waals surface area contributed by atoms with Crippen LogP contribution in [0.15, 0.2) is 79.0 Å². The molecule has 260 valence electrons. The summed E-state index contributed by atoms with van der Waals surface area (Å²) < 4.78 is 10.6. The van der Waals surface area contributed by atoms with Crippen molar-refractivity contribution in [3.8, 4) is 16.9 Å². The molecule has 1 unspecified atom stereocenters. The lowest BCUT2D eigenvalue weighted by molar-refractivity contribution is -0.165. The van der Waals surface area contributed by atoms with E-state index < -0.39 is 36.0 Å². The van der Waals surface area contributed by atoms with Gasteiger partial charge in [0.1, 0.15) is 17.6 Å². The first-order valence-corrected chi connectivity index (χ1v) is 16.3. The highest BCUT2D eigenvalue weighted by Crippen LogP contribution is 2.34. The van der Waals surface area contributed by atoms with Gasteiger partial charge in [0.05, 0.1) is 25.2 Å². The number of fused-ring (bicyclic) bond motifs is 1. The summed E-state index contributed by atoms with van der Waals surface area (Å²) in [7, 11) is 1.29. The third kappa shape index (κ3) is 10.2. The molecule has 4 rings (SSSR count). The van der Waals surface area contributed by atoms with E-state index in [1.54, 1.807) is 24.1 Å². The van der Waals surface area contributed by atoms with Gasteiger partial charge in [-0.3, -0.25) is 14.4 Å². The Morgan fingerprint density at radius 3 is 2.31 bits per heavy atom. The molecule has 11 nitrogen and oxygen atoms in total. The third-order valence-corrected chi connectivity index (χ3v) is 7.93. The normalized spacial score (nSPS) is 13.3. The average molecular weight is 671 g/mol. The zero-order valence-corrected chi connectivity index (χ0v) is 28.9. The van der Waals surface area contributed by atoms with Crippen LogP contribution in [0.5, 0.6) is 5.75 Å². The number of aryl methyl sites for hydroxylation is 1. The number of benzene rings is 3. The summed E-state index contributed by atoms with van der Waals surface area (Å²) >= 11 is 0. The van der Waals surface area contributed by atoms with Crippen LogP contribution < -0.4 is 15.5 Å². The molecule has 2 amide bonds. The van der Waals surface area contributed by atoms with E-state index in [9.17, 15) is 24.6 Å². The largest absolute Gasteiger partial charge is 0.507 e. The molecule has 0 bridgehead atoms. The van der Waals surface area contributed by atoms with Gasteiger partial charge in [-0.1, -0.05) is 54.6 Å². The number of phenolic OH excluding ortho intramolecular Hbond substituents is 1. The number of hydrogen-bond acceptors (Lipinski definition) is 9. The number of pyridine rings is 1. The Labute approximate surface area is 287 Å². The SMILES string of the molecule is COC(=O)C[C@H](NC(=O)[C@H](C)NC(=O)CCCN(c1cc(C)ccn1)C(O)OC(C)(C)C)c1ccc(-c2ccc(O)c3ccccc23)cc1. The molecule has 0 fully saturated rings. The van der Waals surface area contributed by atoms with Gasteiger partial charge in [0.15, 0.2) is 0 Å². The molecule has 3 aromatic carbocycles. The number of aliphatic hydroxyl groups excluding tert-OH is 1. The lowest BCUT2D eigenvalue weighted by atomic mass is 9.95. The number of hydrogen-bond donors (Lipinski definition) is 4. The molecule has 0 aliphatic rings. The number of ether oxygens (including phenoxy) is 2. The van der Waals surface area contributed by atoms with Crippen LogP contribution in [0.25, 0.3) is 21.9 Å². The average Bonchev–Trinajstić information content (AvgIpc) is 3.05. The minimum absolute atomic E-state index is 0.0845. The molecule has 1 heterocycles. The standard InChI is InChI=1S/C38H46N4O7/c1-24-19-20-39-33(22-24)42(37(47)49-38(3,4)5)21-9-12-34(44)40-25(2)36(46)41-31(23-35(45)48-6)27-15-13-26(14-16-27)28-17-18-32(43)30-11-8-7-10-29(28)30/h7-8,10-11,13-20,22,25,31,37,43,47H,9,12,21,23H2,1-6H3,(H,40,44)(H,41,46)/t25-,31-,37?/m0/s1. The van der Waals surface area contributed by atoms with Crippen molar-refractivity contribution in [1.82, 2.24) is 15.6 Å². The molecule has 11 heteroatoms. The first-order chi connectivity index (χ1) is 23.3. The number of aliphatic hydroxyl groups is 1. The van der Waals surface area contributed by atoms with E-state index >= 15 is 0 Å². The highest BCUT2D eigenvalue weighted by Gasteiger charge is 2.26. The third-order valence-electron chi connectivity index (χ3n) is 7.93. The van der Waals surface area contributed by atoms with Gasteiger partial charge in [-0.15, -0.1) is 0 Å². The number of amides is 2. The zero-order chi connectivity index (χ0) is 35.7. The second-order valence-electron chi connectivity index (χ2n) is 13.0. The number of nitrogens with one attached hydrogen (secondary N) is 2. The van der Waals surface area contributed by atoms with Gasteiger partial charge in [-0.2, -0.15) is 0 Å². The number of esters is 1. The zero-order valence-electron chi connectivity index (χ0n) is 28.9. The number of methoxy groups -OCH3 is 1. The van der Waals surface area contributed by atoms with Crippen LogP contribution in [0, 0.1) is 6.92 Å². The van der Waals surface area contributed by atoms with Gasteiger partial charge in [-0.25, -0.2) is 4.98 Å². The molecule has 0 saturated carbocycles. The second kappa shape index (κ2) is 16.4. The number of carbonyl (C=O) groups is 3. The summed E-state index contributed by atoms with van der Waals surface area (Å²) in [5.41, 5.74) is 2.86. The Morgan fingerprint density at radius 1 is 0.959 bits per heavy atom. The molecule has 4 N–H and O–H groups in total. The van der Waals surface area contributed by atoms with Crippen molar-refractivity contribution in [3.05, 3.63) is 90.1 Å². The number of phenols is 1. The minimum Gasteiger partial charge on any atom is -0.507 e. The van der Waals surface area contributed by atoms with E-state index in [-0.39, 0.29) is 31.0 Å². The number of aromatic hydroxyl groups is 1. The van der Waals surface area contributed by atoms with Crippen LogP contribution in [-0.4, -0.2) is 64.7 Å². The van der Waals surface area contributed by atoms with Crippen molar-refractivity contribution in [2.75, 3.05) is 18.6 Å². The van der Waals surface area contributed by atoms with E-state index in [4.69, 9.17) is 9.47 Å². The summed E-state index contributed by atoms with van der Waals surface area (Å²) in [6.07, 6.45) is 0.707. The molecule has 0 spiro atoms. The maximum absolute atomic E-state index is 13.3. The molecule has 4 aromatic rings. The lowest BCUT2D eigenvalue weighted by Gasteiger charge is -2.33. The molecule has 1 aromatic heterocycles. The van der Waals surface area contributed by atoms with Gasteiger partial charge in [0, 0.05) is 24.5 Å². The topological polar surface area (TPSA) is 150 Å². The van der Waals surface area contributed by atoms with Crippen molar-refractivity contribution in [2.24, 2.45) is 0 Å². The van der Waals surface area contributed by atoms with Gasteiger partial charge in [-0.05, 0) is 86.9 Å². The van der Waals surface area contributed by atoms with Gasteiger partial charge >= 0.3 is 5.97 Å². The first-order valence-electron chi connectivity index (χ1n) is 16.3. The molecule has 0 aliphatic carbocycles. The smallest absolute Gasteiger partial charge is 0.307 e. The molecule has 3 atom stereocenters. The number of carbonyl (C=O) groups excluding carboxylic acids is 3. The quantitative estimate of drug-likeness (QED) is 0.100. The van der Waals surface area contributed by atoms with Crippen LogP contribution in [0.4, 0.5) is 5.82 Å². The summed E-state index contributed by atoms with van der Waals surface area (Å²) in [5, 5.41) is 28.4. The van der Waals surface area contributed by atoms with Crippen LogP contribution in [0.3, 0.4) is 0 Å². The fraction of sp³-hybridized carbons (Fsp3) is 0.368. The molecule has 0 radical (unpaired) electrons. The predicted molar refractivity (Wildman–Crippen MR) is 189 cm³/mol. The Balaban J connectivity index is 1.39. The Morgan fingerprint density at radius 2 is 1.65 bits per heavy atom. The van der Waals surface area contributed by atoms with Crippen LogP contribution in [0.2, 0.25) is 0 Å².